The quantitative estimate of drug-likeness (QED) is 0.391. The second kappa shape index (κ2) is 8.17. The van der Waals surface area contributed by atoms with Gasteiger partial charge in [0.25, 0.3) is 11.5 Å². The molecule has 34 heavy (non-hydrogen) atoms. The van der Waals surface area contributed by atoms with Gasteiger partial charge in [-0.2, -0.15) is 5.10 Å². The molecule has 0 radical (unpaired) electrons. The van der Waals surface area contributed by atoms with Crippen LogP contribution < -0.4 is 21.5 Å². The minimum Gasteiger partial charge on any atom is -0.385 e. The lowest BCUT2D eigenvalue weighted by Gasteiger charge is -2.12. The zero-order chi connectivity index (χ0) is 24.0. The predicted molar refractivity (Wildman–Crippen MR) is 119 cm³/mol. The van der Waals surface area contributed by atoms with E-state index in [0.29, 0.717) is 17.0 Å². The summed E-state index contributed by atoms with van der Waals surface area (Å²) in [4.78, 5) is 29.8. The largest absolute Gasteiger partial charge is 0.385 e. The first-order chi connectivity index (χ1) is 16.3. The summed E-state index contributed by atoms with van der Waals surface area (Å²) < 4.78 is 29.9. The van der Waals surface area contributed by atoms with Crippen molar-refractivity contribution in [2.45, 2.75) is 25.6 Å². The molecule has 13 heteroatoms. The number of aromatic nitrogens is 6. The number of nitrogens with one attached hydrogen (secondary N) is 3. The number of amides is 1. The van der Waals surface area contributed by atoms with Crippen molar-refractivity contribution in [3.8, 4) is 5.82 Å². The maximum atomic E-state index is 14.4. The number of hydrogen-bond acceptors (Lipinski definition) is 8. The lowest BCUT2D eigenvalue weighted by molar-refractivity contribution is 0.0940. The van der Waals surface area contributed by atoms with E-state index >= 15 is 0 Å². The Labute approximate surface area is 190 Å². The summed E-state index contributed by atoms with van der Waals surface area (Å²) in [6, 6.07) is 5.26. The molecule has 1 aliphatic rings. The van der Waals surface area contributed by atoms with E-state index in [4.69, 9.17) is 0 Å². The number of rotatable bonds is 6. The van der Waals surface area contributed by atoms with Gasteiger partial charge < -0.3 is 16.0 Å². The molecular weight excluding hydrogens is 448 g/mol. The molecule has 0 saturated heterocycles. The fourth-order valence-electron chi connectivity index (χ4n) is 3.39. The number of alkyl halides is 1. The highest BCUT2D eigenvalue weighted by Crippen LogP contribution is 2.26. The molecule has 1 fully saturated rings. The molecule has 174 valence electrons. The number of pyridine rings is 1. The van der Waals surface area contributed by atoms with Crippen LogP contribution in [-0.4, -0.2) is 54.5 Å². The van der Waals surface area contributed by atoms with Crippen LogP contribution in [0.15, 0.2) is 41.5 Å². The van der Waals surface area contributed by atoms with Crippen LogP contribution >= 0.6 is 0 Å². The number of carbonyl (C=O) groups excluding carboxylic acids is 1. The van der Waals surface area contributed by atoms with Crippen LogP contribution in [0.2, 0.25) is 0 Å². The number of imidazole rings is 1. The summed E-state index contributed by atoms with van der Waals surface area (Å²) in [5, 5.41) is 20.5. The van der Waals surface area contributed by atoms with Gasteiger partial charge in [-0.1, -0.05) is 0 Å². The zero-order valence-electron chi connectivity index (χ0n) is 18.1. The molecule has 0 aliphatic heterocycles. The summed E-state index contributed by atoms with van der Waals surface area (Å²) in [5.41, 5.74) is 0.873. The molecule has 0 aromatic carbocycles. The lowest BCUT2D eigenvalue weighted by Crippen LogP contribution is -2.28. The second-order valence-electron chi connectivity index (χ2n) is 7.81. The van der Waals surface area contributed by atoms with Gasteiger partial charge >= 0.3 is 0 Å². The molecule has 0 spiro atoms. The van der Waals surface area contributed by atoms with Crippen molar-refractivity contribution in [3.63, 3.8) is 0 Å². The Kier molecular flexibility index (Phi) is 5.15. The molecule has 11 nitrogen and oxygen atoms in total. The first kappa shape index (κ1) is 21.4. The number of carbonyl (C=O) groups is 1. The fourth-order valence-corrected chi connectivity index (χ4v) is 3.39. The fraction of sp³-hybridized carbons (Fsp3) is 0.238. The van der Waals surface area contributed by atoms with Gasteiger partial charge in [0.05, 0.1) is 29.8 Å². The Morgan fingerprint density at radius 1 is 1.21 bits per heavy atom. The van der Waals surface area contributed by atoms with Crippen molar-refractivity contribution in [1.29, 1.82) is 0 Å². The SMILES string of the molecule is CNc1cc(Nc2cc(F)cn(-c3ccc(C)nn3)c2=O)nn2c(C(=O)N[C@@H]3C[C@@H]3F)cnc12. The summed E-state index contributed by atoms with van der Waals surface area (Å²) in [7, 11) is 1.65. The molecule has 4 aromatic rings. The molecule has 0 bridgehead atoms. The molecule has 2 atom stereocenters. The molecule has 3 N–H and O–H groups in total. The molecular formula is C21H19F2N9O2. The van der Waals surface area contributed by atoms with Crippen molar-refractivity contribution in [2.24, 2.45) is 0 Å². The third kappa shape index (κ3) is 3.91. The van der Waals surface area contributed by atoms with Gasteiger partial charge in [0, 0.05) is 25.6 Å². The minimum atomic E-state index is -1.06. The molecule has 4 aromatic heterocycles. The van der Waals surface area contributed by atoms with Gasteiger partial charge in [0.2, 0.25) is 0 Å². The molecule has 1 aliphatic carbocycles. The molecule has 4 heterocycles. The Morgan fingerprint density at radius 3 is 2.68 bits per heavy atom. The van der Waals surface area contributed by atoms with Crippen LogP contribution in [0.5, 0.6) is 0 Å². The maximum absolute atomic E-state index is 14.4. The first-order valence-corrected chi connectivity index (χ1v) is 10.4. The van der Waals surface area contributed by atoms with Crippen LogP contribution in [0.25, 0.3) is 11.5 Å². The Morgan fingerprint density at radius 2 is 2.00 bits per heavy atom. The number of halogens is 2. The molecule has 1 saturated carbocycles. The van der Waals surface area contributed by atoms with Crippen LogP contribution in [0.4, 0.5) is 26.0 Å². The number of aryl methyl sites for hydroxylation is 1. The van der Waals surface area contributed by atoms with Gasteiger partial charge in [-0.25, -0.2) is 18.3 Å². The van der Waals surface area contributed by atoms with Crippen LogP contribution in [0.3, 0.4) is 0 Å². The standard InChI is InChI=1S/C21H19F2N9O2/c1-10-3-4-18(29-28-10)31-9-11(22)5-15(21(31)34)26-17-7-14(24-2)19-25-8-16(32(19)30-17)20(33)27-13-6-12(13)23/h3-5,7-9,12-13,24H,6H2,1-2H3,(H,26,30)(H,27,33)/t12-,13+/m0/s1. The van der Waals surface area contributed by atoms with Crippen molar-refractivity contribution >= 4 is 28.7 Å². The number of anilines is 3. The Hall–Kier alpha value is -4.42. The lowest BCUT2D eigenvalue weighted by atomic mass is 10.3. The van der Waals surface area contributed by atoms with E-state index in [2.05, 4.69) is 36.2 Å². The van der Waals surface area contributed by atoms with Crippen molar-refractivity contribution in [2.75, 3.05) is 17.7 Å². The highest BCUT2D eigenvalue weighted by molar-refractivity contribution is 5.94. The van der Waals surface area contributed by atoms with E-state index in [-0.39, 0.29) is 29.4 Å². The minimum absolute atomic E-state index is 0.0841. The van der Waals surface area contributed by atoms with Crippen molar-refractivity contribution in [1.82, 2.24) is 34.7 Å². The van der Waals surface area contributed by atoms with E-state index in [0.717, 1.165) is 16.8 Å². The van der Waals surface area contributed by atoms with Crippen LogP contribution in [-0.2, 0) is 0 Å². The maximum Gasteiger partial charge on any atom is 0.280 e. The van der Waals surface area contributed by atoms with Gasteiger partial charge in [-0.15, -0.1) is 10.2 Å². The molecule has 0 unspecified atom stereocenters. The van der Waals surface area contributed by atoms with Gasteiger partial charge in [0.1, 0.15) is 17.7 Å². The summed E-state index contributed by atoms with van der Waals surface area (Å²) >= 11 is 0. The smallest absolute Gasteiger partial charge is 0.280 e. The van der Waals surface area contributed by atoms with Gasteiger partial charge in [0.15, 0.2) is 23.0 Å². The van der Waals surface area contributed by atoms with E-state index < -0.39 is 29.5 Å². The van der Waals surface area contributed by atoms with Gasteiger partial charge in [-0.3, -0.25) is 14.2 Å². The third-order valence-electron chi connectivity index (χ3n) is 5.28. The van der Waals surface area contributed by atoms with Crippen LogP contribution in [0.1, 0.15) is 22.6 Å². The number of nitrogens with zero attached hydrogens (tertiary/aromatic N) is 6. The second-order valence-corrected chi connectivity index (χ2v) is 7.81. The summed E-state index contributed by atoms with van der Waals surface area (Å²) in [6.45, 7) is 1.74. The summed E-state index contributed by atoms with van der Waals surface area (Å²) in [5.74, 6) is -0.928. The van der Waals surface area contributed by atoms with E-state index in [1.807, 2.05) is 0 Å². The molecule has 5 rings (SSSR count). The van der Waals surface area contributed by atoms with E-state index in [1.54, 1.807) is 32.2 Å². The van der Waals surface area contributed by atoms with E-state index in [9.17, 15) is 18.4 Å². The van der Waals surface area contributed by atoms with Crippen molar-refractivity contribution in [3.05, 3.63) is 64.2 Å². The normalized spacial score (nSPS) is 16.9. The van der Waals surface area contributed by atoms with Crippen molar-refractivity contribution < 1.29 is 13.6 Å². The third-order valence-corrected chi connectivity index (χ3v) is 5.28. The predicted octanol–water partition coefficient (Wildman–Crippen LogP) is 1.74. The van der Waals surface area contributed by atoms with Gasteiger partial charge in [-0.05, 0) is 19.1 Å². The van der Waals surface area contributed by atoms with E-state index in [1.165, 1.54) is 10.7 Å². The summed E-state index contributed by atoms with van der Waals surface area (Å²) in [6.07, 6.45) is 1.54. The Bertz CT molecular complexity index is 1470. The van der Waals surface area contributed by atoms with Crippen LogP contribution in [0, 0.1) is 12.7 Å². The monoisotopic (exact) mass is 467 g/mol. The topological polar surface area (TPSA) is 131 Å². The average molecular weight is 467 g/mol. The molecule has 1 amide bonds. The first-order valence-electron chi connectivity index (χ1n) is 10.4. The Balaban J connectivity index is 1.53. The number of hydrogen-bond donors (Lipinski definition) is 3. The average Bonchev–Trinajstić information content (AvgIpc) is 3.33. The highest BCUT2D eigenvalue weighted by Gasteiger charge is 2.39. The number of fused-ring (bicyclic) bond motifs is 1. The zero-order valence-corrected chi connectivity index (χ0v) is 18.1. The highest BCUT2D eigenvalue weighted by atomic mass is 19.1.